The molecule has 0 spiro atoms. The minimum Gasteiger partial charge on any atom is -0.464 e. The van der Waals surface area contributed by atoms with Crippen molar-refractivity contribution in [2.45, 2.75) is 50.7 Å². The molecule has 3 aromatic rings. The lowest BCUT2D eigenvalue weighted by molar-refractivity contribution is -0.156. The molecule has 0 amide bonds. The number of carbonyl (C=O) groups excluding carboxylic acids is 2. The van der Waals surface area contributed by atoms with Crippen molar-refractivity contribution in [2.24, 2.45) is 5.73 Å². The largest absolute Gasteiger partial charge is 0.464 e. The van der Waals surface area contributed by atoms with E-state index in [9.17, 15) is 18.0 Å². The van der Waals surface area contributed by atoms with E-state index >= 15 is 0 Å². The van der Waals surface area contributed by atoms with E-state index in [0.717, 1.165) is 28.5 Å². The van der Waals surface area contributed by atoms with Gasteiger partial charge >= 0.3 is 22.1 Å². The van der Waals surface area contributed by atoms with Crippen LogP contribution in [0.5, 0.6) is 5.75 Å². The first kappa shape index (κ1) is 28.3. The third-order valence-electron chi connectivity index (χ3n) is 6.40. The zero-order valence-electron chi connectivity index (χ0n) is 22.4. The Morgan fingerprint density at radius 2 is 1.51 bits per heavy atom. The fourth-order valence-corrected chi connectivity index (χ4v) is 5.31. The monoisotopic (exact) mass is 551 g/mol. The molecule has 3 aromatic carbocycles. The summed E-state index contributed by atoms with van der Waals surface area (Å²) in [6, 6.07) is 20.9. The smallest absolute Gasteiger partial charge is 0.323 e. The Labute approximate surface area is 229 Å². The van der Waals surface area contributed by atoms with Crippen molar-refractivity contribution in [2.75, 3.05) is 12.9 Å². The van der Waals surface area contributed by atoms with Gasteiger partial charge in [-0.3, -0.25) is 9.59 Å². The molecule has 0 radical (unpaired) electrons. The van der Waals surface area contributed by atoms with Crippen molar-refractivity contribution in [1.82, 2.24) is 0 Å². The van der Waals surface area contributed by atoms with Crippen LogP contribution in [0.3, 0.4) is 0 Å². The summed E-state index contributed by atoms with van der Waals surface area (Å²) in [4.78, 5) is 26.1. The first-order valence-electron chi connectivity index (χ1n) is 12.6. The summed E-state index contributed by atoms with van der Waals surface area (Å²) in [7, 11) is -3.78. The van der Waals surface area contributed by atoms with Gasteiger partial charge in [-0.15, -0.1) is 0 Å². The van der Waals surface area contributed by atoms with Gasteiger partial charge in [0.25, 0.3) is 0 Å². The number of rotatable bonds is 9. The van der Waals surface area contributed by atoms with Gasteiger partial charge in [0.15, 0.2) is 0 Å². The number of hydrogen-bond acceptors (Lipinski definition) is 8. The Morgan fingerprint density at radius 1 is 0.923 bits per heavy atom. The van der Waals surface area contributed by atoms with E-state index < -0.39 is 39.6 Å². The molecule has 0 fully saturated rings. The van der Waals surface area contributed by atoms with Crippen molar-refractivity contribution in [3.63, 3.8) is 0 Å². The molecule has 8 nitrogen and oxygen atoms in total. The third-order valence-corrected chi connectivity index (χ3v) is 6.90. The van der Waals surface area contributed by atoms with Crippen LogP contribution in [0.4, 0.5) is 0 Å². The zero-order chi connectivity index (χ0) is 28.4. The van der Waals surface area contributed by atoms with Gasteiger partial charge in [-0.2, -0.15) is 8.42 Å². The van der Waals surface area contributed by atoms with Gasteiger partial charge < -0.3 is 19.4 Å². The standard InChI is InChI=1S/C30H33NO7S/c1-30(2,3)37-27(32)17-25(19-10-9-11-20(16-19)38-39(4,34)35)28(31)29(33)36-18-26-23-14-7-5-12-21(23)22-13-6-8-15-24(22)26/h5-16,25-26,28H,17-18,31H2,1-4H3. The second-order valence-corrected chi connectivity index (χ2v) is 12.2. The quantitative estimate of drug-likeness (QED) is 0.304. The molecule has 9 heteroatoms. The van der Waals surface area contributed by atoms with Crippen molar-refractivity contribution >= 4 is 22.1 Å². The number of ether oxygens (including phenoxy) is 2. The first-order chi connectivity index (χ1) is 18.3. The van der Waals surface area contributed by atoms with Crippen LogP contribution < -0.4 is 9.92 Å². The molecule has 2 N–H and O–H groups in total. The average molecular weight is 552 g/mol. The summed E-state index contributed by atoms with van der Waals surface area (Å²) in [5, 5.41) is 0. The summed E-state index contributed by atoms with van der Waals surface area (Å²) < 4.78 is 39.5. The lowest BCUT2D eigenvalue weighted by atomic mass is 9.88. The highest BCUT2D eigenvalue weighted by Gasteiger charge is 2.34. The number of nitrogens with two attached hydrogens (primary N) is 1. The van der Waals surface area contributed by atoms with Crippen LogP contribution in [0.1, 0.15) is 55.7 Å². The summed E-state index contributed by atoms with van der Waals surface area (Å²) in [5.74, 6) is -2.18. The molecule has 0 saturated heterocycles. The van der Waals surface area contributed by atoms with Crippen molar-refractivity contribution in [3.05, 3.63) is 89.5 Å². The molecule has 0 aromatic heterocycles. The van der Waals surface area contributed by atoms with Crippen molar-refractivity contribution < 1.29 is 31.7 Å². The van der Waals surface area contributed by atoms with Crippen LogP contribution in [0.25, 0.3) is 11.1 Å². The Morgan fingerprint density at radius 3 is 2.08 bits per heavy atom. The molecule has 2 atom stereocenters. The molecule has 0 bridgehead atoms. The lowest BCUT2D eigenvalue weighted by Gasteiger charge is -2.26. The first-order valence-corrected chi connectivity index (χ1v) is 14.5. The Balaban J connectivity index is 1.56. The third kappa shape index (κ3) is 7.04. The van der Waals surface area contributed by atoms with E-state index in [0.29, 0.717) is 5.56 Å². The molecule has 206 valence electrons. The highest BCUT2D eigenvalue weighted by molar-refractivity contribution is 7.86. The normalized spacial score (nSPS) is 14.6. The van der Waals surface area contributed by atoms with E-state index in [-0.39, 0.29) is 24.7 Å². The summed E-state index contributed by atoms with van der Waals surface area (Å²) >= 11 is 0. The number of benzene rings is 3. The van der Waals surface area contributed by atoms with Gasteiger partial charge in [0.2, 0.25) is 0 Å². The molecular formula is C30H33NO7S. The van der Waals surface area contributed by atoms with Crippen LogP contribution >= 0.6 is 0 Å². The highest BCUT2D eigenvalue weighted by atomic mass is 32.2. The number of hydrogen-bond donors (Lipinski definition) is 1. The lowest BCUT2D eigenvalue weighted by Crippen LogP contribution is -2.40. The molecule has 1 aliphatic rings. The van der Waals surface area contributed by atoms with Gasteiger partial charge in [0, 0.05) is 11.8 Å². The molecular weight excluding hydrogens is 518 g/mol. The molecule has 0 heterocycles. The second kappa shape index (κ2) is 11.2. The number of fused-ring (bicyclic) bond motifs is 3. The van der Waals surface area contributed by atoms with E-state index in [1.54, 1.807) is 32.9 Å². The maximum atomic E-state index is 13.3. The molecule has 0 aliphatic heterocycles. The summed E-state index contributed by atoms with van der Waals surface area (Å²) in [6.45, 7) is 5.31. The molecule has 39 heavy (non-hydrogen) atoms. The SMILES string of the molecule is CC(C)(C)OC(=O)CC(c1cccc(OS(C)(=O)=O)c1)C(N)C(=O)OCC1c2ccccc2-c2ccccc21. The maximum absolute atomic E-state index is 13.3. The minimum absolute atomic E-state index is 0.0453. The van der Waals surface area contributed by atoms with Gasteiger partial charge in [0.05, 0.1) is 12.7 Å². The average Bonchev–Trinajstić information content (AvgIpc) is 3.17. The van der Waals surface area contributed by atoms with Gasteiger partial charge in [0.1, 0.15) is 24.0 Å². The highest BCUT2D eigenvalue weighted by Crippen LogP contribution is 2.44. The topological polar surface area (TPSA) is 122 Å². The Hall–Kier alpha value is -3.69. The van der Waals surface area contributed by atoms with E-state index in [2.05, 4.69) is 0 Å². The molecule has 0 saturated carbocycles. The van der Waals surface area contributed by atoms with Crippen LogP contribution in [-0.4, -0.2) is 44.9 Å². The number of carbonyl (C=O) groups is 2. The van der Waals surface area contributed by atoms with Crippen molar-refractivity contribution in [3.8, 4) is 16.9 Å². The fraction of sp³-hybridized carbons (Fsp3) is 0.333. The Kier molecular flexibility index (Phi) is 8.13. The Bertz CT molecular complexity index is 1430. The predicted octanol–water partition coefficient (Wildman–Crippen LogP) is 4.52. The second-order valence-electron chi connectivity index (χ2n) is 10.6. The number of esters is 2. The van der Waals surface area contributed by atoms with Gasteiger partial charge in [-0.1, -0.05) is 60.7 Å². The van der Waals surface area contributed by atoms with E-state index in [1.807, 2.05) is 48.5 Å². The fourth-order valence-electron chi connectivity index (χ4n) is 4.85. The van der Waals surface area contributed by atoms with Crippen LogP contribution in [0.15, 0.2) is 72.8 Å². The maximum Gasteiger partial charge on any atom is 0.323 e. The van der Waals surface area contributed by atoms with Gasteiger partial charge in [-0.05, 0) is 60.7 Å². The molecule has 1 aliphatic carbocycles. The zero-order valence-corrected chi connectivity index (χ0v) is 23.2. The molecule has 4 rings (SSSR count). The summed E-state index contributed by atoms with van der Waals surface area (Å²) in [6.07, 6.45) is 0.714. The minimum atomic E-state index is -3.78. The predicted molar refractivity (Wildman–Crippen MR) is 148 cm³/mol. The van der Waals surface area contributed by atoms with Crippen molar-refractivity contribution in [1.29, 1.82) is 0 Å². The van der Waals surface area contributed by atoms with Gasteiger partial charge in [-0.25, -0.2) is 0 Å². The van der Waals surface area contributed by atoms with Crippen LogP contribution in [0, 0.1) is 0 Å². The van der Waals surface area contributed by atoms with E-state index in [1.165, 1.54) is 12.1 Å². The van der Waals surface area contributed by atoms with E-state index in [4.69, 9.17) is 19.4 Å². The van der Waals surface area contributed by atoms with Crippen LogP contribution in [-0.2, 0) is 29.2 Å². The summed E-state index contributed by atoms with van der Waals surface area (Å²) in [5.41, 5.74) is 10.5. The van der Waals surface area contributed by atoms with Crippen LogP contribution in [0.2, 0.25) is 0 Å². The molecule has 2 unspecified atom stereocenters.